The average Bonchev–Trinajstić information content (AvgIpc) is 2.81. The molecule has 0 saturated heterocycles. The Bertz CT molecular complexity index is 549. The number of nitrogens with one attached hydrogen (secondary N) is 1. The van der Waals surface area contributed by atoms with Crippen LogP contribution in [0.25, 0.3) is 11.4 Å². The van der Waals surface area contributed by atoms with Crippen molar-refractivity contribution in [1.29, 1.82) is 0 Å². The third-order valence-corrected chi connectivity index (χ3v) is 3.55. The Balaban J connectivity index is 2.40. The van der Waals surface area contributed by atoms with Gasteiger partial charge in [0.15, 0.2) is 5.82 Å². The van der Waals surface area contributed by atoms with E-state index in [4.69, 9.17) is 0 Å². The van der Waals surface area contributed by atoms with E-state index in [9.17, 15) is 0 Å². The molecule has 0 radical (unpaired) electrons. The molecule has 0 unspecified atom stereocenters. The summed E-state index contributed by atoms with van der Waals surface area (Å²) in [6.07, 6.45) is 4.84. The molecule has 0 spiro atoms. The zero-order valence-electron chi connectivity index (χ0n) is 10.7. The normalized spacial score (nSPS) is 10.7. The van der Waals surface area contributed by atoms with E-state index in [0.29, 0.717) is 5.82 Å². The van der Waals surface area contributed by atoms with Crippen LogP contribution in [0.15, 0.2) is 16.9 Å². The maximum atomic E-state index is 4.47. The summed E-state index contributed by atoms with van der Waals surface area (Å²) < 4.78 is 2.81. The van der Waals surface area contributed by atoms with Crippen molar-refractivity contribution < 1.29 is 0 Å². The van der Waals surface area contributed by atoms with Crippen molar-refractivity contribution in [3.05, 3.63) is 22.6 Å². The summed E-state index contributed by atoms with van der Waals surface area (Å²) in [5, 5.41) is 7.35. The van der Waals surface area contributed by atoms with Gasteiger partial charge in [-0.1, -0.05) is 6.92 Å². The minimum Gasteiger partial charge on any atom is -0.372 e. The van der Waals surface area contributed by atoms with E-state index < -0.39 is 0 Å². The van der Waals surface area contributed by atoms with Crippen LogP contribution in [-0.4, -0.2) is 26.8 Å². The van der Waals surface area contributed by atoms with Crippen LogP contribution in [0.3, 0.4) is 0 Å². The lowest BCUT2D eigenvalue weighted by molar-refractivity contribution is 0.603. The summed E-state index contributed by atoms with van der Waals surface area (Å²) in [6, 6.07) is 0. The predicted molar refractivity (Wildman–Crippen MR) is 75.5 cm³/mol. The quantitative estimate of drug-likeness (QED) is 0.943. The molecule has 18 heavy (non-hydrogen) atoms. The highest BCUT2D eigenvalue weighted by atomic mass is 79.9. The fraction of sp³-hybridized carbons (Fsp3) is 0.417. The highest BCUT2D eigenvalue weighted by molar-refractivity contribution is 9.10. The molecule has 2 aromatic rings. The van der Waals surface area contributed by atoms with Crippen LogP contribution < -0.4 is 5.32 Å². The number of hydrogen-bond donors (Lipinski definition) is 1. The molecule has 0 bridgehead atoms. The van der Waals surface area contributed by atoms with Gasteiger partial charge in [-0.3, -0.25) is 4.68 Å². The van der Waals surface area contributed by atoms with Crippen molar-refractivity contribution in [2.75, 3.05) is 12.4 Å². The van der Waals surface area contributed by atoms with E-state index in [1.54, 1.807) is 6.20 Å². The molecule has 96 valence electrons. The maximum Gasteiger partial charge on any atom is 0.165 e. The third kappa shape index (κ3) is 2.53. The van der Waals surface area contributed by atoms with E-state index in [0.717, 1.165) is 34.5 Å². The second kappa shape index (κ2) is 5.48. The molecular weight excluding hydrogens is 294 g/mol. The van der Waals surface area contributed by atoms with Crippen molar-refractivity contribution in [1.82, 2.24) is 19.7 Å². The summed E-state index contributed by atoms with van der Waals surface area (Å²) in [4.78, 5) is 8.95. The lowest BCUT2D eigenvalue weighted by Crippen LogP contribution is -2.00. The first kappa shape index (κ1) is 13.0. The Hall–Kier alpha value is -1.43. The van der Waals surface area contributed by atoms with Gasteiger partial charge in [0, 0.05) is 19.8 Å². The number of hydrogen-bond acceptors (Lipinski definition) is 4. The molecular formula is C12H16BrN5. The van der Waals surface area contributed by atoms with Gasteiger partial charge in [0.1, 0.15) is 5.82 Å². The topological polar surface area (TPSA) is 55.6 Å². The van der Waals surface area contributed by atoms with Crippen molar-refractivity contribution >= 4 is 21.7 Å². The van der Waals surface area contributed by atoms with E-state index in [-0.39, 0.29) is 0 Å². The van der Waals surface area contributed by atoms with Crippen LogP contribution in [0.5, 0.6) is 0 Å². The van der Waals surface area contributed by atoms with Gasteiger partial charge in [0.25, 0.3) is 0 Å². The van der Waals surface area contributed by atoms with Gasteiger partial charge in [0.2, 0.25) is 0 Å². The molecule has 0 saturated carbocycles. The summed E-state index contributed by atoms with van der Waals surface area (Å²) in [6.45, 7) is 4.99. The number of nitrogens with zero attached hydrogens (tertiary/aromatic N) is 4. The van der Waals surface area contributed by atoms with E-state index in [2.05, 4.69) is 43.2 Å². The summed E-state index contributed by atoms with van der Waals surface area (Å²) >= 11 is 3.47. The van der Waals surface area contributed by atoms with E-state index in [1.165, 1.54) is 0 Å². The highest BCUT2D eigenvalue weighted by Crippen LogP contribution is 2.26. The Morgan fingerprint density at radius 3 is 2.83 bits per heavy atom. The Morgan fingerprint density at radius 2 is 2.17 bits per heavy atom. The molecule has 6 heteroatoms. The van der Waals surface area contributed by atoms with Gasteiger partial charge < -0.3 is 5.32 Å². The second-order valence-corrected chi connectivity index (χ2v) is 4.83. The molecule has 0 aliphatic heterocycles. The first-order valence-corrected chi connectivity index (χ1v) is 6.69. The fourth-order valence-corrected chi connectivity index (χ4v) is 2.06. The molecule has 5 nitrogen and oxygen atoms in total. The summed E-state index contributed by atoms with van der Waals surface area (Å²) in [5.41, 5.74) is 1.85. The van der Waals surface area contributed by atoms with Gasteiger partial charge >= 0.3 is 0 Å². The molecule has 2 rings (SSSR count). The first-order valence-electron chi connectivity index (χ1n) is 5.90. The van der Waals surface area contributed by atoms with Gasteiger partial charge in [-0.25, -0.2) is 9.97 Å². The SMILES string of the molecule is CCCn1cc(-c2nc(C)c(Br)c(NC)n2)cn1. The van der Waals surface area contributed by atoms with Crippen molar-refractivity contribution in [2.24, 2.45) is 0 Å². The predicted octanol–water partition coefficient (Wildman–Crippen LogP) is 2.86. The molecule has 2 aromatic heterocycles. The van der Waals surface area contributed by atoms with Crippen molar-refractivity contribution in [2.45, 2.75) is 26.8 Å². The Kier molecular flexibility index (Phi) is 3.96. The van der Waals surface area contributed by atoms with Crippen molar-refractivity contribution in [3.8, 4) is 11.4 Å². The molecule has 0 fully saturated rings. The number of rotatable bonds is 4. The molecule has 2 heterocycles. The molecule has 1 N–H and O–H groups in total. The molecule has 0 aliphatic rings. The maximum absolute atomic E-state index is 4.47. The molecule has 0 aromatic carbocycles. The largest absolute Gasteiger partial charge is 0.372 e. The van der Waals surface area contributed by atoms with Crippen LogP contribution in [0, 0.1) is 6.92 Å². The zero-order chi connectivity index (χ0) is 13.1. The number of halogens is 1. The van der Waals surface area contributed by atoms with E-state index >= 15 is 0 Å². The number of anilines is 1. The van der Waals surface area contributed by atoms with Gasteiger partial charge in [-0.05, 0) is 29.3 Å². The molecule has 0 atom stereocenters. The third-order valence-electron chi connectivity index (χ3n) is 2.60. The van der Waals surface area contributed by atoms with Crippen molar-refractivity contribution in [3.63, 3.8) is 0 Å². The summed E-state index contributed by atoms with van der Waals surface area (Å²) in [5.74, 6) is 1.49. The average molecular weight is 310 g/mol. The lowest BCUT2D eigenvalue weighted by atomic mass is 10.3. The monoisotopic (exact) mass is 309 g/mol. The standard InChI is InChI=1S/C12H16BrN5/c1-4-5-18-7-9(6-15-18)11-16-8(2)10(13)12(14-3)17-11/h6-7H,4-5H2,1-3H3,(H,14,16,17). The van der Waals surface area contributed by atoms with Crippen LogP contribution in [-0.2, 0) is 6.54 Å². The summed E-state index contributed by atoms with van der Waals surface area (Å²) in [7, 11) is 1.84. The second-order valence-electron chi connectivity index (χ2n) is 4.04. The van der Waals surface area contributed by atoms with Gasteiger partial charge in [-0.2, -0.15) is 5.10 Å². The fourth-order valence-electron chi connectivity index (χ4n) is 1.68. The van der Waals surface area contributed by atoms with E-state index in [1.807, 2.05) is 24.9 Å². The smallest absolute Gasteiger partial charge is 0.165 e. The van der Waals surface area contributed by atoms with Crippen LogP contribution in [0.2, 0.25) is 0 Å². The van der Waals surface area contributed by atoms with Crippen LogP contribution in [0.1, 0.15) is 19.0 Å². The number of aryl methyl sites for hydroxylation is 2. The molecule has 0 amide bonds. The van der Waals surface area contributed by atoms with Gasteiger partial charge in [0.05, 0.1) is 21.9 Å². The molecule has 0 aliphatic carbocycles. The van der Waals surface area contributed by atoms with Crippen LogP contribution >= 0.6 is 15.9 Å². The Morgan fingerprint density at radius 1 is 1.39 bits per heavy atom. The van der Waals surface area contributed by atoms with Gasteiger partial charge in [-0.15, -0.1) is 0 Å². The first-order chi connectivity index (χ1) is 8.65. The minimum absolute atomic E-state index is 0.697. The Labute approximate surface area is 115 Å². The number of aromatic nitrogens is 4. The lowest BCUT2D eigenvalue weighted by Gasteiger charge is -2.07. The zero-order valence-corrected chi connectivity index (χ0v) is 12.3. The highest BCUT2D eigenvalue weighted by Gasteiger charge is 2.11. The van der Waals surface area contributed by atoms with Crippen LogP contribution in [0.4, 0.5) is 5.82 Å². The minimum atomic E-state index is 0.697.